The minimum absolute atomic E-state index is 0.0427. The van der Waals surface area contributed by atoms with Crippen molar-refractivity contribution < 1.29 is 13.9 Å². The quantitative estimate of drug-likeness (QED) is 0.339. The number of likely N-dealkylation sites (tertiary alicyclic amines) is 1. The summed E-state index contributed by atoms with van der Waals surface area (Å²) in [5, 5.41) is 5.20. The molecular formula is C26H29Cl2N7O4. The fraction of sp³-hybridized carbons (Fsp3) is 0.423. The number of hydrogen-bond donors (Lipinski definition) is 1. The third-order valence-electron chi connectivity index (χ3n) is 6.40. The van der Waals surface area contributed by atoms with Crippen molar-refractivity contribution >= 4 is 52.0 Å². The molecule has 0 unspecified atom stereocenters. The Labute approximate surface area is 234 Å². The average Bonchev–Trinajstić information content (AvgIpc) is 3.52. The van der Waals surface area contributed by atoms with Crippen LogP contribution in [0, 0.1) is 0 Å². The number of amides is 1. The summed E-state index contributed by atoms with van der Waals surface area (Å²) in [6.45, 7) is 6.87. The number of ether oxygens (including phenoxy) is 1. The van der Waals surface area contributed by atoms with Crippen LogP contribution in [0.1, 0.15) is 51.1 Å². The summed E-state index contributed by atoms with van der Waals surface area (Å²) in [4.78, 5) is 41.0. The zero-order chi connectivity index (χ0) is 27.9. The molecule has 3 aromatic heterocycles. The van der Waals surface area contributed by atoms with Crippen LogP contribution in [0.3, 0.4) is 0 Å². The summed E-state index contributed by atoms with van der Waals surface area (Å²) in [6.07, 6.45) is 4.44. The summed E-state index contributed by atoms with van der Waals surface area (Å²) in [5.74, 6) is 0.840. The fourth-order valence-electron chi connectivity index (χ4n) is 4.50. The predicted molar refractivity (Wildman–Crippen MR) is 148 cm³/mol. The number of oxazole rings is 1. The van der Waals surface area contributed by atoms with E-state index in [0.29, 0.717) is 57.4 Å². The Morgan fingerprint density at radius 1 is 1.26 bits per heavy atom. The lowest BCUT2D eigenvalue weighted by molar-refractivity contribution is 0.0190. The van der Waals surface area contributed by atoms with Gasteiger partial charge in [-0.25, -0.2) is 14.8 Å². The van der Waals surface area contributed by atoms with Crippen molar-refractivity contribution in [1.29, 1.82) is 0 Å². The van der Waals surface area contributed by atoms with Crippen LogP contribution in [0.5, 0.6) is 0 Å². The van der Waals surface area contributed by atoms with Crippen LogP contribution < -0.4 is 10.5 Å². The number of carbonyl (C=O) groups is 1. The van der Waals surface area contributed by atoms with Crippen molar-refractivity contribution in [3.8, 4) is 0 Å². The average molecular weight is 574 g/mol. The summed E-state index contributed by atoms with van der Waals surface area (Å²) in [5.41, 5.74) is 1.18. The lowest BCUT2D eigenvalue weighted by atomic mass is 9.98. The van der Waals surface area contributed by atoms with Gasteiger partial charge in [0.25, 0.3) is 5.56 Å². The molecular weight excluding hydrogens is 545 g/mol. The summed E-state index contributed by atoms with van der Waals surface area (Å²) < 4.78 is 12.8. The van der Waals surface area contributed by atoms with Crippen LogP contribution >= 0.6 is 23.2 Å². The van der Waals surface area contributed by atoms with E-state index in [1.165, 1.54) is 6.20 Å². The number of aromatic nitrogens is 5. The molecule has 1 aromatic carbocycles. The maximum absolute atomic E-state index is 13.1. The maximum Gasteiger partial charge on any atom is 0.410 e. The normalized spacial score (nSPS) is 16.1. The van der Waals surface area contributed by atoms with Gasteiger partial charge in [0.1, 0.15) is 23.1 Å². The summed E-state index contributed by atoms with van der Waals surface area (Å²) in [6, 6.07) is 5.15. The Balaban J connectivity index is 1.32. The first-order valence-electron chi connectivity index (χ1n) is 12.6. The number of anilines is 2. The second-order valence-electron chi connectivity index (χ2n) is 10.5. The Hall–Kier alpha value is -3.57. The standard InChI is InChI=1S/C26H29Cl2N7O4/c1-26(2,3)39-25(37)34-9-5-6-15(12-34)23-30-16(14-38-23)13-35-21-20(11-29-35)31-24(32-22(21)36)33(4)17-7-8-18(27)19(28)10-17/h7-8,10-11,14-15H,5-6,9,12-13H2,1-4H3,(H,31,32,36)/t15-/m0/s1. The molecule has 0 saturated carbocycles. The van der Waals surface area contributed by atoms with Crippen LogP contribution in [0.2, 0.25) is 10.0 Å². The lowest BCUT2D eigenvalue weighted by Gasteiger charge is -2.32. The van der Waals surface area contributed by atoms with E-state index in [1.807, 2.05) is 20.8 Å². The number of aromatic amines is 1. The van der Waals surface area contributed by atoms with Crippen LogP contribution in [0.4, 0.5) is 16.4 Å². The highest BCUT2D eigenvalue weighted by atomic mass is 35.5. The van der Waals surface area contributed by atoms with Gasteiger partial charge in [0.2, 0.25) is 5.95 Å². The molecule has 1 saturated heterocycles. The van der Waals surface area contributed by atoms with Crippen LogP contribution in [-0.4, -0.2) is 61.5 Å². The van der Waals surface area contributed by atoms with Crippen LogP contribution in [-0.2, 0) is 11.3 Å². The van der Waals surface area contributed by atoms with Crippen molar-refractivity contribution in [2.45, 2.75) is 51.7 Å². The molecule has 206 valence electrons. The maximum atomic E-state index is 13.1. The van der Waals surface area contributed by atoms with Crippen LogP contribution in [0.25, 0.3) is 11.0 Å². The number of carbonyl (C=O) groups excluding carboxylic acids is 1. The molecule has 1 amide bonds. The van der Waals surface area contributed by atoms with E-state index < -0.39 is 5.60 Å². The van der Waals surface area contributed by atoms with Crippen molar-refractivity contribution in [1.82, 2.24) is 29.6 Å². The molecule has 13 heteroatoms. The number of nitrogens with zero attached hydrogens (tertiary/aromatic N) is 6. The Kier molecular flexibility index (Phi) is 7.30. The minimum Gasteiger partial charge on any atom is -0.448 e. The third-order valence-corrected chi connectivity index (χ3v) is 7.14. The molecule has 0 spiro atoms. The topological polar surface area (TPSA) is 122 Å². The van der Waals surface area contributed by atoms with Gasteiger partial charge in [-0.1, -0.05) is 23.2 Å². The van der Waals surface area contributed by atoms with Gasteiger partial charge >= 0.3 is 6.09 Å². The highest BCUT2D eigenvalue weighted by Gasteiger charge is 2.30. The molecule has 4 heterocycles. The van der Waals surface area contributed by atoms with Gasteiger partial charge in [-0.15, -0.1) is 0 Å². The monoisotopic (exact) mass is 573 g/mol. The van der Waals surface area contributed by atoms with Crippen molar-refractivity contribution in [2.75, 3.05) is 25.0 Å². The molecule has 5 rings (SSSR count). The third kappa shape index (κ3) is 5.89. The molecule has 1 N–H and O–H groups in total. The highest BCUT2D eigenvalue weighted by molar-refractivity contribution is 6.42. The molecule has 4 aromatic rings. The van der Waals surface area contributed by atoms with E-state index in [0.717, 1.165) is 12.8 Å². The molecule has 0 aliphatic carbocycles. The van der Waals surface area contributed by atoms with Gasteiger partial charge in [-0.3, -0.25) is 14.5 Å². The molecule has 0 bridgehead atoms. The Morgan fingerprint density at radius 3 is 2.79 bits per heavy atom. The van der Waals surface area contributed by atoms with Crippen molar-refractivity contribution in [2.24, 2.45) is 0 Å². The van der Waals surface area contributed by atoms with Gasteiger partial charge < -0.3 is 19.0 Å². The first-order chi connectivity index (χ1) is 18.5. The molecule has 0 radical (unpaired) electrons. The zero-order valence-corrected chi connectivity index (χ0v) is 23.6. The first-order valence-corrected chi connectivity index (χ1v) is 13.3. The largest absolute Gasteiger partial charge is 0.448 e. The second-order valence-corrected chi connectivity index (χ2v) is 11.3. The van der Waals surface area contributed by atoms with E-state index in [-0.39, 0.29) is 24.1 Å². The Bertz CT molecular complexity index is 1570. The number of halogens is 2. The first kappa shape index (κ1) is 27.0. The van der Waals surface area contributed by atoms with E-state index in [9.17, 15) is 9.59 Å². The number of H-pyrrole nitrogens is 1. The molecule has 39 heavy (non-hydrogen) atoms. The molecule has 1 atom stereocenters. The highest BCUT2D eigenvalue weighted by Crippen LogP contribution is 2.30. The number of benzene rings is 1. The molecule has 1 aliphatic heterocycles. The smallest absolute Gasteiger partial charge is 0.410 e. The van der Waals surface area contributed by atoms with Gasteiger partial charge in [0.05, 0.1) is 28.7 Å². The minimum atomic E-state index is -0.556. The van der Waals surface area contributed by atoms with Gasteiger partial charge in [-0.05, 0) is 51.8 Å². The van der Waals surface area contributed by atoms with E-state index in [4.69, 9.17) is 32.4 Å². The Morgan fingerprint density at radius 2 is 2.05 bits per heavy atom. The second kappa shape index (κ2) is 10.5. The van der Waals surface area contributed by atoms with Crippen molar-refractivity contribution in [3.63, 3.8) is 0 Å². The van der Waals surface area contributed by atoms with E-state index in [1.54, 1.807) is 46.0 Å². The molecule has 1 aliphatic rings. The van der Waals surface area contributed by atoms with Gasteiger partial charge in [0.15, 0.2) is 11.4 Å². The number of rotatable bonds is 5. The molecule has 1 fully saturated rings. The predicted octanol–water partition coefficient (Wildman–Crippen LogP) is 5.35. The van der Waals surface area contributed by atoms with E-state index >= 15 is 0 Å². The SMILES string of the molecule is CN(c1ccc(Cl)c(Cl)c1)c1nc2cnn(Cc3coc([C@H]4CCCN(C(=O)OC(C)(C)C)C4)n3)c2c(=O)[nH]1. The van der Waals surface area contributed by atoms with E-state index in [2.05, 4.69) is 20.1 Å². The van der Waals surface area contributed by atoms with Crippen LogP contribution in [0.15, 0.2) is 39.9 Å². The van der Waals surface area contributed by atoms with Gasteiger partial charge in [0, 0.05) is 25.8 Å². The fourth-order valence-corrected chi connectivity index (χ4v) is 4.79. The number of hydrogen-bond acceptors (Lipinski definition) is 8. The molecule has 11 nitrogen and oxygen atoms in total. The summed E-state index contributed by atoms with van der Waals surface area (Å²) >= 11 is 12.2. The lowest BCUT2D eigenvalue weighted by Crippen LogP contribution is -2.42. The number of nitrogens with one attached hydrogen (secondary N) is 1. The summed E-state index contributed by atoms with van der Waals surface area (Å²) in [7, 11) is 1.76. The number of fused-ring (bicyclic) bond motifs is 1. The van der Waals surface area contributed by atoms with Crippen molar-refractivity contribution in [3.05, 3.63) is 62.6 Å². The number of piperidine rings is 1. The zero-order valence-electron chi connectivity index (χ0n) is 22.1. The van der Waals surface area contributed by atoms with Gasteiger partial charge in [-0.2, -0.15) is 5.10 Å².